The van der Waals surface area contributed by atoms with Gasteiger partial charge in [0.15, 0.2) is 0 Å². The number of nitrogens with zero attached hydrogens (tertiary/aromatic N) is 3. The zero-order valence-electron chi connectivity index (χ0n) is 16.1. The van der Waals surface area contributed by atoms with Gasteiger partial charge in [-0.05, 0) is 38.6 Å². The number of carboxylic acid groups (broad SMARTS) is 2. The van der Waals surface area contributed by atoms with E-state index in [9.17, 15) is 9.59 Å². The van der Waals surface area contributed by atoms with Crippen molar-refractivity contribution in [2.75, 3.05) is 37.7 Å². The molecule has 2 aliphatic heterocycles. The van der Waals surface area contributed by atoms with Gasteiger partial charge in [0, 0.05) is 55.1 Å². The minimum atomic E-state index is -1.26. The van der Waals surface area contributed by atoms with Crippen molar-refractivity contribution in [2.24, 2.45) is 0 Å². The molecule has 1 fully saturated rings. The molecule has 0 amide bonds. The predicted molar refractivity (Wildman–Crippen MR) is 108 cm³/mol. The van der Waals surface area contributed by atoms with Gasteiger partial charge in [-0.1, -0.05) is 0 Å². The van der Waals surface area contributed by atoms with Crippen molar-refractivity contribution < 1.29 is 24.5 Å². The van der Waals surface area contributed by atoms with Gasteiger partial charge in [0.1, 0.15) is 0 Å². The van der Waals surface area contributed by atoms with E-state index in [-0.39, 0.29) is 0 Å². The van der Waals surface area contributed by atoms with Crippen molar-refractivity contribution >= 4 is 23.7 Å². The summed E-state index contributed by atoms with van der Waals surface area (Å²) in [7, 11) is 0. The number of hydrogen-bond acceptors (Lipinski definition) is 6. The first kappa shape index (κ1) is 22.3. The fourth-order valence-corrected chi connectivity index (χ4v) is 4.02. The highest BCUT2D eigenvalue weighted by Crippen LogP contribution is 2.19. The number of aryl methyl sites for hydroxylation is 2. The van der Waals surface area contributed by atoms with Crippen LogP contribution >= 0.6 is 11.8 Å². The second kappa shape index (κ2) is 12.5. The van der Waals surface area contributed by atoms with Gasteiger partial charge in [-0.15, -0.1) is 5.10 Å². The van der Waals surface area contributed by atoms with Gasteiger partial charge in [-0.2, -0.15) is 11.8 Å². The number of carbonyl (C=O) groups is 2. The molecule has 3 rings (SSSR count). The Morgan fingerprint density at radius 2 is 1.82 bits per heavy atom. The Kier molecular flexibility index (Phi) is 9.92. The molecule has 0 radical (unpaired) electrons. The summed E-state index contributed by atoms with van der Waals surface area (Å²) in [6, 6.07) is 2.13. The lowest BCUT2D eigenvalue weighted by Crippen LogP contribution is -2.33. The summed E-state index contributed by atoms with van der Waals surface area (Å²) in [5.41, 5.74) is 1.34. The van der Waals surface area contributed by atoms with Crippen molar-refractivity contribution in [3.8, 4) is 5.88 Å². The highest BCUT2D eigenvalue weighted by molar-refractivity contribution is 7.99. The molecule has 28 heavy (non-hydrogen) atoms. The minimum absolute atomic E-state index is 0.558. The van der Waals surface area contributed by atoms with Gasteiger partial charge in [-0.25, -0.2) is 9.59 Å². The molecular formula is C19H29N3O5S. The molecule has 0 saturated carbocycles. The molecule has 1 aromatic rings. The van der Waals surface area contributed by atoms with Crippen LogP contribution in [0.25, 0.3) is 0 Å². The molecule has 0 atom stereocenters. The fourth-order valence-electron chi connectivity index (χ4n) is 3.04. The first-order chi connectivity index (χ1) is 13.5. The average molecular weight is 412 g/mol. The van der Waals surface area contributed by atoms with Crippen molar-refractivity contribution in [1.29, 1.82) is 0 Å². The molecule has 0 bridgehead atoms. The van der Waals surface area contributed by atoms with E-state index in [2.05, 4.69) is 32.5 Å². The lowest BCUT2D eigenvalue weighted by Gasteiger charge is -2.25. The molecular weight excluding hydrogens is 382 g/mol. The molecule has 2 N–H and O–H groups in total. The van der Waals surface area contributed by atoms with Crippen molar-refractivity contribution in [3.63, 3.8) is 0 Å². The number of thioether (sulfide) groups is 1. The standard InChI is InChI=1S/C15H25N3OS.C4H4O4/c1-2-7-18-14(5-1)13-15(16-18)19-10-4-3-6-17-8-11-20-12-9-17;5-3(6)1-2-4(7)8/h13H,1-12H2;1-2H,(H,5,6)(H,7,8). The Morgan fingerprint density at radius 3 is 2.46 bits per heavy atom. The Balaban J connectivity index is 0.000000300. The van der Waals surface area contributed by atoms with Crippen LogP contribution in [0.15, 0.2) is 18.2 Å². The van der Waals surface area contributed by atoms with Gasteiger partial charge in [0.2, 0.25) is 5.88 Å². The first-order valence-corrected chi connectivity index (χ1v) is 10.8. The van der Waals surface area contributed by atoms with Crippen LogP contribution in [-0.4, -0.2) is 74.6 Å². The monoisotopic (exact) mass is 411 g/mol. The maximum Gasteiger partial charge on any atom is 0.328 e. The summed E-state index contributed by atoms with van der Waals surface area (Å²) in [5.74, 6) is 0.920. The zero-order valence-corrected chi connectivity index (χ0v) is 16.9. The highest BCUT2D eigenvalue weighted by Gasteiger charge is 2.13. The third-order valence-corrected chi connectivity index (χ3v) is 5.43. The second-order valence-electron chi connectivity index (χ2n) is 6.67. The zero-order chi connectivity index (χ0) is 20.2. The summed E-state index contributed by atoms with van der Waals surface area (Å²) >= 11 is 2.08. The molecule has 9 heteroatoms. The third-order valence-electron chi connectivity index (χ3n) is 4.48. The van der Waals surface area contributed by atoms with Gasteiger partial charge in [-0.3, -0.25) is 4.68 Å². The Labute approximate surface area is 169 Å². The summed E-state index contributed by atoms with van der Waals surface area (Å²) in [6.07, 6.45) is 7.18. The molecule has 0 unspecified atom stereocenters. The number of carboxylic acids is 2. The van der Waals surface area contributed by atoms with Gasteiger partial charge < -0.3 is 19.8 Å². The SMILES string of the molecule is O=C(O)C=CC(=O)O.c1c(OCCCCN2CCSCC2)nn2c1CCCC2. The van der Waals surface area contributed by atoms with Crippen molar-refractivity contribution in [2.45, 2.75) is 38.6 Å². The minimum Gasteiger partial charge on any atom is -0.478 e. The number of fused-ring (bicyclic) bond motifs is 1. The van der Waals surface area contributed by atoms with E-state index in [4.69, 9.17) is 14.9 Å². The number of aliphatic carboxylic acids is 2. The maximum atomic E-state index is 9.55. The highest BCUT2D eigenvalue weighted by atomic mass is 32.2. The third kappa shape index (κ3) is 8.79. The molecule has 8 nitrogen and oxygen atoms in total. The van der Waals surface area contributed by atoms with E-state index >= 15 is 0 Å². The smallest absolute Gasteiger partial charge is 0.328 e. The molecule has 1 saturated heterocycles. The van der Waals surface area contributed by atoms with Crippen LogP contribution in [0, 0.1) is 0 Å². The van der Waals surface area contributed by atoms with Gasteiger partial charge >= 0.3 is 11.9 Å². The lowest BCUT2D eigenvalue weighted by atomic mass is 10.1. The Morgan fingerprint density at radius 1 is 1.11 bits per heavy atom. The van der Waals surface area contributed by atoms with Crippen molar-refractivity contribution in [1.82, 2.24) is 14.7 Å². The lowest BCUT2D eigenvalue weighted by molar-refractivity contribution is -0.134. The molecule has 3 heterocycles. The van der Waals surface area contributed by atoms with E-state index in [1.807, 2.05) is 0 Å². The first-order valence-electron chi connectivity index (χ1n) is 9.68. The summed E-state index contributed by atoms with van der Waals surface area (Å²) in [5, 5.41) is 20.1. The number of aromatic nitrogens is 2. The maximum absolute atomic E-state index is 9.55. The quantitative estimate of drug-likeness (QED) is 0.495. The molecule has 156 valence electrons. The van der Waals surface area contributed by atoms with Gasteiger partial charge in [0.25, 0.3) is 0 Å². The number of hydrogen-bond donors (Lipinski definition) is 2. The van der Waals surface area contributed by atoms with Crippen LogP contribution < -0.4 is 4.74 Å². The largest absolute Gasteiger partial charge is 0.478 e. The average Bonchev–Trinajstić information content (AvgIpc) is 3.10. The number of unbranched alkanes of at least 4 members (excludes halogenated alkanes) is 1. The summed E-state index contributed by atoms with van der Waals surface area (Å²) in [4.78, 5) is 21.7. The van der Waals surface area contributed by atoms with E-state index < -0.39 is 11.9 Å². The normalized spacial score (nSPS) is 16.9. The van der Waals surface area contributed by atoms with Crippen LogP contribution in [0.4, 0.5) is 0 Å². The molecule has 0 aliphatic carbocycles. The van der Waals surface area contributed by atoms with E-state index in [0.29, 0.717) is 12.2 Å². The molecule has 1 aromatic heterocycles. The number of ether oxygens (including phenoxy) is 1. The van der Waals surface area contributed by atoms with Crippen LogP contribution in [0.1, 0.15) is 31.4 Å². The second-order valence-corrected chi connectivity index (χ2v) is 7.90. The van der Waals surface area contributed by atoms with E-state index in [1.165, 1.54) is 56.1 Å². The van der Waals surface area contributed by atoms with Crippen molar-refractivity contribution in [3.05, 3.63) is 23.9 Å². The molecule has 0 aromatic carbocycles. The summed E-state index contributed by atoms with van der Waals surface area (Å²) in [6.45, 7) is 5.62. The Bertz CT molecular complexity index is 616. The van der Waals surface area contributed by atoms with E-state index in [1.54, 1.807) is 0 Å². The number of rotatable bonds is 8. The topological polar surface area (TPSA) is 105 Å². The fraction of sp³-hybridized carbons (Fsp3) is 0.632. The molecule has 0 spiro atoms. The molecule has 2 aliphatic rings. The van der Waals surface area contributed by atoms with Crippen LogP contribution in [-0.2, 0) is 22.6 Å². The van der Waals surface area contributed by atoms with Gasteiger partial charge in [0.05, 0.1) is 6.61 Å². The predicted octanol–water partition coefficient (Wildman–Crippen LogP) is 2.14. The van der Waals surface area contributed by atoms with E-state index in [0.717, 1.165) is 31.9 Å². The summed E-state index contributed by atoms with van der Waals surface area (Å²) < 4.78 is 7.91. The van der Waals surface area contributed by atoms with Crippen LogP contribution in [0.5, 0.6) is 5.88 Å². The van der Waals surface area contributed by atoms with Crippen LogP contribution in [0.2, 0.25) is 0 Å². The Hall–Kier alpha value is -2.00. The van der Waals surface area contributed by atoms with Crippen LogP contribution in [0.3, 0.4) is 0 Å².